The number of aryl methyl sites for hydroxylation is 1. The molecule has 2 rings (SSSR count). The van der Waals surface area contributed by atoms with E-state index in [4.69, 9.17) is 5.73 Å². The summed E-state index contributed by atoms with van der Waals surface area (Å²) in [5.41, 5.74) is 6.14. The van der Waals surface area contributed by atoms with Crippen molar-refractivity contribution < 1.29 is 9.59 Å². The number of amides is 2. The molecule has 1 aliphatic rings. The topological polar surface area (TPSA) is 88.3 Å². The first-order valence-electron chi connectivity index (χ1n) is 6.37. The van der Waals surface area contributed by atoms with Gasteiger partial charge in [-0.05, 0) is 26.2 Å². The molecule has 1 aromatic rings. The molecule has 6 nitrogen and oxygen atoms in total. The lowest BCUT2D eigenvalue weighted by Crippen LogP contribution is -2.42. The van der Waals surface area contributed by atoms with Gasteiger partial charge in [-0.3, -0.25) is 9.59 Å². The standard InChI is InChI=1S/C12H18N4O2S/c1-8-10(19-12(13)15-8)11(18)14-7-9(17)16-5-3-2-4-6-16/h2-7H2,1H3,(H2,13,15)(H,14,18). The van der Waals surface area contributed by atoms with Crippen LogP contribution in [0.25, 0.3) is 0 Å². The fourth-order valence-corrected chi connectivity index (χ4v) is 2.87. The summed E-state index contributed by atoms with van der Waals surface area (Å²) in [5.74, 6) is -0.305. The number of carbonyl (C=O) groups excluding carboxylic acids is 2. The summed E-state index contributed by atoms with van der Waals surface area (Å²) in [7, 11) is 0. The van der Waals surface area contributed by atoms with Crippen molar-refractivity contribution in [2.45, 2.75) is 26.2 Å². The first-order chi connectivity index (χ1) is 9.08. The van der Waals surface area contributed by atoms with E-state index in [-0.39, 0.29) is 18.4 Å². The van der Waals surface area contributed by atoms with E-state index < -0.39 is 0 Å². The average Bonchev–Trinajstić information content (AvgIpc) is 2.75. The predicted molar refractivity (Wildman–Crippen MR) is 74.0 cm³/mol. The Morgan fingerprint density at radius 3 is 2.63 bits per heavy atom. The number of nitrogen functional groups attached to an aromatic ring is 1. The molecule has 2 amide bonds. The predicted octanol–water partition coefficient (Wildman–Crippen LogP) is 0.776. The minimum absolute atomic E-state index is 0.0248. The van der Waals surface area contributed by atoms with Crippen molar-refractivity contribution in [1.29, 1.82) is 0 Å². The Morgan fingerprint density at radius 2 is 2.05 bits per heavy atom. The van der Waals surface area contributed by atoms with Gasteiger partial charge in [0.2, 0.25) is 5.91 Å². The van der Waals surface area contributed by atoms with Crippen LogP contribution in [0.2, 0.25) is 0 Å². The molecule has 0 unspecified atom stereocenters. The highest BCUT2D eigenvalue weighted by molar-refractivity contribution is 7.17. The number of likely N-dealkylation sites (tertiary alicyclic amines) is 1. The van der Waals surface area contributed by atoms with Crippen molar-refractivity contribution in [3.8, 4) is 0 Å². The number of piperidine rings is 1. The van der Waals surface area contributed by atoms with Gasteiger partial charge in [0.05, 0.1) is 12.2 Å². The van der Waals surface area contributed by atoms with Gasteiger partial charge < -0.3 is 16.0 Å². The van der Waals surface area contributed by atoms with E-state index in [0.717, 1.165) is 37.3 Å². The van der Waals surface area contributed by atoms with E-state index in [1.165, 1.54) is 6.42 Å². The highest BCUT2D eigenvalue weighted by Gasteiger charge is 2.19. The molecule has 3 N–H and O–H groups in total. The molecule has 104 valence electrons. The fourth-order valence-electron chi connectivity index (χ4n) is 2.12. The normalized spacial score (nSPS) is 15.3. The van der Waals surface area contributed by atoms with E-state index in [9.17, 15) is 9.59 Å². The summed E-state index contributed by atoms with van der Waals surface area (Å²) in [6.07, 6.45) is 3.27. The highest BCUT2D eigenvalue weighted by atomic mass is 32.1. The second kappa shape index (κ2) is 6.01. The van der Waals surface area contributed by atoms with Gasteiger partial charge in [0.15, 0.2) is 5.13 Å². The van der Waals surface area contributed by atoms with Crippen molar-refractivity contribution in [3.05, 3.63) is 10.6 Å². The number of aromatic nitrogens is 1. The first-order valence-corrected chi connectivity index (χ1v) is 7.18. The molecule has 0 atom stereocenters. The first kappa shape index (κ1) is 13.8. The summed E-state index contributed by atoms with van der Waals surface area (Å²) in [6, 6.07) is 0. The van der Waals surface area contributed by atoms with Gasteiger partial charge >= 0.3 is 0 Å². The number of nitrogens with one attached hydrogen (secondary N) is 1. The van der Waals surface area contributed by atoms with Crippen LogP contribution in [-0.4, -0.2) is 41.3 Å². The third-order valence-electron chi connectivity index (χ3n) is 3.13. The molecule has 0 radical (unpaired) electrons. The quantitative estimate of drug-likeness (QED) is 0.857. The number of carbonyl (C=O) groups is 2. The number of rotatable bonds is 3. The number of nitrogens with two attached hydrogens (primary N) is 1. The van der Waals surface area contributed by atoms with Crippen LogP contribution < -0.4 is 11.1 Å². The van der Waals surface area contributed by atoms with Crippen LogP contribution in [0.1, 0.15) is 34.6 Å². The fraction of sp³-hybridized carbons (Fsp3) is 0.583. The lowest BCUT2D eigenvalue weighted by atomic mass is 10.1. The maximum Gasteiger partial charge on any atom is 0.263 e. The number of anilines is 1. The summed E-state index contributed by atoms with van der Waals surface area (Å²) in [6.45, 7) is 3.35. The maximum absolute atomic E-state index is 11.9. The van der Waals surface area contributed by atoms with Crippen LogP contribution in [0.3, 0.4) is 0 Å². The van der Waals surface area contributed by atoms with Crippen molar-refractivity contribution in [1.82, 2.24) is 15.2 Å². The Bertz CT molecular complexity index is 480. The lowest BCUT2D eigenvalue weighted by Gasteiger charge is -2.26. The molecule has 0 aliphatic carbocycles. The van der Waals surface area contributed by atoms with Crippen LogP contribution in [0.15, 0.2) is 0 Å². The number of nitrogens with zero attached hydrogens (tertiary/aromatic N) is 2. The summed E-state index contributed by atoms with van der Waals surface area (Å²) in [4.78, 5) is 30.1. The molecule has 2 heterocycles. The van der Waals surface area contributed by atoms with Crippen LogP contribution in [-0.2, 0) is 4.79 Å². The smallest absolute Gasteiger partial charge is 0.263 e. The average molecular weight is 282 g/mol. The van der Waals surface area contributed by atoms with E-state index in [1.54, 1.807) is 11.8 Å². The zero-order chi connectivity index (χ0) is 13.8. The Labute approximate surface area is 116 Å². The Morgan fingerprint density at radius 1 is 1.37 bits per heavy atom. The molecular formula is C12H18N4O2S. The van der Waals surface area contributed by atoms with E-state index in [0.29, 0.717) is 15.7 Å². The van der Waals surface area contributed by atoms with Gasteiger partial charge in [-0.2, -0.15) is 0 Å². The van der Waals surface area contributed by atoms with Gasteiger partial charge in [-0.15, -0.1) is 0 Å². The van der Waals surface area contributed by atoms with Gasteiger partial charge in [0.1, 0.15) is 4.88 Å². The molecule has 1 saturated heterocycles. The third kappa shape index (κ3) is 3.44. The largest absolute Gasteiger partial charge is 0.375 e. The van der Waals surface area contributed by atoms with Crippen LogP contribution in [0, 0.1) is 6.92 Å². The maximum atomic E-state index is 11.9. The van der Waals surface area contributed by atoms with Crippen molar-refractivity contribution in [2.75, 3.05) is 25.4 Å². The van der Waals surface area contributed by atoms with Crippen LogP contribution in [0.4, 0.5) is 5.13 Å². The van der Waals surface area contributed by atoms with E-state index >= 15 is 0 Å². The molecular weight excluding hydrogens is 264 g/mol. The van der Waals surface area contributed by atoms with Gasteiger partial charge in [-0.1, -0.05) is 11.3 Å². The van der Waals surface area contributed by atoms with Gasteiger partial charge in [-0.25, -0.2) is 4.98 Å². The van der Waals surface area contributed by atoms with E-state index in [1.807, 2.05) is 0 Å². The summed E-state index contributed by atoms with van der Waals surface area (Å²) < 4.78 is 0. The highest BCUT2D eigenvalue weighted by Crippen LogP contribution is 2.19. The Balaban J connectivity index is 1.86. The van der Waals surface area contributed by atoms with Crippen molar-refractivity contribution >= 4 is 28.3 Å². The van der Waals surface area contributed by atoms with Crippen LogP contribution in [0.5, 0.6) is 0 Å². The molecule has 0 bridgehead atoms. The monoisotopic (exact) mass is 282 g/mol. The van der Waals surface area contributed by atoms with Gasteiger partial charge in [0.25, 0.3) is 5.91 Å². The van der Waals surface area contributed by atoms with E-state index in [2.05, 4.69) is 10.3 Å². The zero-order valence-corrected chi connectivity index (χ0v) is 11.8. The molecule has 7 heteroatoms. The number of thiazole rings is 1. The van der Waals surface area contributed by atoms with Crippen molar-refractivity contribution in [2.24, 2.45) is 0 Å². The van der Waals surface area contributed by atoms with Crippen molar-refractivity contribution in [3.63, 3.8) is 0 Å². The lowest BCUT2D eigenvalue weighted by molar-refractivity contribution is -0.130. The summed E-state index contributed by atoms with van der Waals surface area (Å²) in [5, 5.41) is 3.00. The zero-order valence-electron chi connectivity index (χ0n) is 10.9. The Hall–Kier alpha value is -1.63. The minimum Gasteiger partial charge on any atom is -0.375 e. The van der Waals surface area contributed by atoms with Crippen LogP contribution >= 0.6 is 11.3 Å². The molecule has 1 aliphatic heterocycles. The molecule has 19 heavy (non-hydrogen) atoms. The molecule has 1 aromatic heterocycles. The SMILES string of the molecule is Cc1nc(N)sc1C(=O)NCC(=O)N1CCCCC1. The molecule has 0 spiro atoms. The third-order valence-corrected chi connectivity index (χ3v) is 4.11. The second-order valence-corrected chi connectivity index (χ2v) is 5.62. The second-order valence-electron chi connectivity index (χ2n) is 4.59. The number of hydrogen-bond donors (Lipinski definition) is 2. The Kier molecular flexibility index (Phi) is 4.36. The van der Waals surface area contributed by atoms with Gasteiger partial charge in [0, 0.05) is 13.1 Å². The molecule has 0 saturated carbocycles. The number of hydrogen-bond acceptors (Lipinski definition) is 5. The molecule has 1 fully saturated rings. The summed E-state index contributed by atoms with van der Waals surface area (Å²) >= 11 is 1.14. The minimum atomic E-state index is -0.281. The molecule has 0 aromatic carbocycles.